The average Bonchev–Trinajstić information content (AvgIpc) is 2.57. The van der Waals surface area contributed by atoms with Crippen LogP contribution in [-0.2, 0) is 27.8 Å². The molecular weight excluding hydrogens is 448 g/mol. The summed E-state index contributed by atoms with van der Waals surface area (Å²) in [7, 11) is -2.74. The van der Waals surface area contributed by atoms with E-state index in [1.807, 2.05) is 0 Å². The molecule has 3 heterocycles. The monoisotopic (exact) mass is 470 g/mol. The smallest absolute Gasteiger partial charge is 0.301 e. The third-order valence-electron chi connectivity index (χ3n) is 3.30. The topological polar surface area (TPSA) is 104 Å². The standard InChI is InChI=1S/C11H23Cl2N4O6P3/c12-24-15-25(13,17-26(16-24)14-2-1-3-23-26)22-11-9-20-7-5-18-4-6-19-8-10-21-24/h14H,1-11H2/t24-,25+,26-. The fourth-order valence-corrected chi connectivity index (χ4v) is 14.4. The van der Waals surface area contributed by atoms with Crippen molar-refractivity contribution in [3.05, 3.63) is 0 Å². The van der Waals surface area contributed by atoms with Gasteiger partial charge in [-0.15, -0.1) is 0 Å². The van der Waals surface area contributed by atoms with E-state index < -0.39 is 21.2 Å². The molecule has 3 aliphatic rings. The lowest BCUT2D eigenvalue weighted by atomic mass is 10.5. The Hall–Kier alpha value is 0.990. The Bertz CT molecular complexity index is 622. The first-order valence-electron chi connectivity index (χ1n) is 8.26. The SMILES string of the molecule is Cl[P@]12=N[P@](Cl)(=N[P@@]3(=N1)NCCCO3)OCCOCCOCCOCCO2. The molecule has 1 spiro atoms. The van der Waals surface area contributed by atoms with Gasteiger partial charge in [0, 0.05) is 6.54 Å². The van der Waals surface area contributed by atoms with Gasteiger partial charge in [-0.25, -0.2) is 5.09 Å². The van der Waals surface area contributed by atoms with Crippen molar-refractivity contribution >= 4 is 43.6 Å². The van der Waals surface area contributed by atoms with Gasteiger partial charge in [0.2, 0.25) is 0 Å². The minimum absolute atomic E-state index is 0.226. The number of hydrogen-bond acceptors (Lipinski definition) is 10. The summed E-state index contributed by atoms with van der Waals surface area (Å²) in [5.74, 6) is 0. The molecule has 0 aliphatic carbocycles. The number of ether oxygens (including phenoxy) is 3. The first-order chi connectivity index (χ1) is 12.5. The Labute approximate surface area is 162 Å². The molecule has 152 valence electrons. The molecule has 3 aliphatic heterocycles. The zero-order valence-corrected chi connectivity index (χ0v) is 18.4. The molecule has 0 radical (unpaired) electrons. The van der Waals surface area contributed by atoms with E-state index in [1.54, 1.807) is 0 Å². The molecule has 1 N–H and O–H groups in total. The summed E-state index contributed by atoms with van der Waals surface area (Å²) in [6.45, 7) is -1.92. The van der Waals surface area contributed by atoms with Gasteiger partial charge in [0.25, 0.3) is 7.58 Å². The first kappa shape index (κ1) is 21.7. The number of nitrogens with one attached hydrogen (secondary N) is 1. The molecule has 10 nitrogen and oxygen atoms in total. The molecule has 15 heteroatoms. The van der Waals surface area contributed by atoms with Crippen molar-refractivity contribution in [2.24, 2.45) is 13.5 Å². The lowest BCUT2D eigenvalue weighted by Gasteiger charge is -2.32. The van der Waals surface area contributed by atoms with E-state index in [0.717, 1.165) is 6.42 Å². The molecule has 26 heavy (non-hydrogen) atoms. The van der Waals surface area contributed by atoms with Gasteiger partial charge in [0.1, 0.15) is 0 Å². The lowest BCUT2D eigenvalue weighted by Crippen LogP contribution is -2.21. The predicted octanol–water partition coefficient (Wildman–Crippen LogP) is 4.42. The summed E-state index contributed by atoms with van der Waals surface area (Å²) in [5.41, 5.74) is 0. The Morgan fingerprint density at radius 1 is 0.615 bits per heavy atom. The molecule has 1 fully saturated rings. The summed E-state index contributed by atoms with van der Waals surface area (Å²) in [5, 5.41) is 3.21. The van der Waals surface area contributed by atoms with Crippen LogP contribution in [0.5, 0.6) is 0 Å². The summed E-state index contributed by atoms with van der Waals surface area (Å²) >= 11 is 13.2. The van der Waals surface area contributed by atoms with Crippen molar-refractivity contribution in [1.82, 2.24) is 5.09 Å². The van der Waals surface area contributed by atoms with Crippen molar-refractivity contribution in [3.8, 4) is 0 Å². The van der Waals surface area contributed by atoms with E-state index in [2.05, 4.69) is 18.6 Å². The minimum atomic E-state index is -3.08. The Balaban J connectivity index is 1.82. The second kappa shape index (κ2) is 10.1. The third kappa shape index (κ3) is 6.51. The highest BCUT2D eigenvalue weighted by Gasteiger charge is 2.39. The Morgan fingerprint density at radius 2 is 1.15 bits per heavy atom. The lowest BCUT2D eigenvalue weighted by molar-refractivity contribution is 0.00575. The molecule has 0 saturated carbocycles. The maximum Gasteiger partial charge on any atom is 0.301 e. The molecule has 1 saturated heterocycles. The van der Waals surface area contributed by atoms with E-state index in [1.165, 1.54) is 0 Å². The molecule has 0 unspecified atom stereocenters. The van der Waals surface area contributed by atoms with Gasteiger partial charge in [-0.1, -0.05) is 0 Å². The number of fused-ring (bicyclic) bond motifs is 1. The van der Waals surface area contributed by atoms with Gasteiger partial charge in [-0.3, -0.25) is 0 Å². The second-order valence-electron chi connectivity index (χ2n) is 5.36. The van der Waals surface area contributed by atoms with Gasteiger partial charge < -0.3 is 27.8 Å². The van der Waals surface area contributed by atoms with Crippen LogP contribution >= 0.6 is 43.6 Å². The summed E-state index contributed by atoms with van der Waals surface area (Å²) in [6, 6.07) is 0. The minimum Gasteiger partial charge on any atom is -0.377 e. The van der Waals surface area contributed by atoms with Crippen LogP contribution in [0.1, 0.15) is 6.42 Å². The van der Waals surface area contributed by atoms with Crippen molar-refractivity contribution in [2.45, 2.75) is 6.42 Å². The van der Waals surface area contributed by atoms with Crippen molar-refractivity contribution in [3.63, 3.8) is 0 Å². The van der Waals surface area contributed by atoms with Crippen LogP contribution in [-0.4, -0.2) is 66.0 Å². The maximum atomic E-state index is 6.60. The third-order valence-corrected chi connectivity index (χ3v) is 14.0. The Kier molecular flexibility index (Phi) is 8.47. The molecule has 3 atom stereocenters. The second-order valence-corrected chi connectivity index (χ2v) is 14.2. The highest BCUT2D eigenvalue weighted by atomic mass is 35.7. The number of hydrogen-bond donors (Lipinski definition) is 1. The van der Waals surface area contributed by atoms with Crippen LogP contribution in [0.25, 0.3) is 0 Å². The van der Waals surface area contributed by atoms with Crippen LogP contribution in [0.15, 0.2) is 13.5 Å². The molecule has 0 aromatic rings. The van der Waals surface area contributed by atoms with Crippen LogP contribution in [0.4, 0.5) is 0 Å². The fourth-order valence-electron chi connectivity index (χ4n) is 2.21. The van der Waals surface area contributed by atoms with E-state index >= 15 is 0 Å². The predicted molar refractivity (Wildman–Crippen MR) is 103 cm³/mol. The van der Waals surface area contributed by atoms with Crippen molar-refractivity contribution < 1.29 is 27.8 Å². The largest absolute Gasteiger partial charge is 0.377 e. The summed E-state index contributed by atoms with van der Waals surface area (Å²) in [6.07, 6.45) is 0.858. The average molecular weight is 471 g/mol. The molecule has 0 aromatic carbocycles. The number of halogens is 2. The number of rotatable bonds is 0. The zero-order chi connectivity index (χ0) is 18.3. The van der Waals surface area contributed by atoms with E-state index in [4.69, 9.17) is 50.3 Å². The molecule has 3 rings (SSSR count). The molecule has 0 aromatic heterocycles. The van der Waals surface area contributed by atoms with Crippen LogP contribution < -0.4 is 5.09 Å². The van der Waals surface area contributed by atoms with E-state index in [-0.39, 0.29) is 13.2 Å². The van der Waals surface area contributed by atoms with Gasteiger partial charge in [0.15, 0.2) is 0 Å². The van der Waals surface area contributed by atoms with E-state index in [0.29, 0.717) is 52.8 Å². The van der Waals surface area contributed by atoms with Gasteiger partial charge >= 0.3 is 13.6 Å². The summed E-state index contributed by atoms with van der Waals surface area (Å²) < 4.78 is 47.0. The molecular formula is C11H23Cl2N4O6P3. The number of nitrogens with zero attached hydrogens (tertiary/aromatic N) is 3. The normalized spacial score (nSPS) is 40.8. The van der Waals surface area contributed by atoms with Crippen molar-refractivity contribution in [1.29, 1.82) is 0 Å². The van der Waals surface area contributed by atoms with Crippen LogP contribution in [0, 0.1) is 0 Å². The first-order valence-corrected chi connectivity index (χ1v) is 14.9. The maximum absolute atomic E-state index is 6.60. The van der Waals surface area contributed by atoms with Gasteiger partial charge in [-0.05, 0) is 28.9 Å². The van der Waals surface area contributed by atoms with Crippen LogP contribution in [0.3, 0.4) is 0 Å². The van der Waals surface area contributed by atoms with E-state index in [9.17, 15) is 0 Å². The van der Waals surface area contributed by atoms with Gasteiger partial charge in [0.05, 0.1) is 59.5 Å². The van der Waals surface area contributed by atoms with Crippen molar-refractivity contribution in [2.75, 3.05) is 66.0 Å². The fraction of sp³-hybridized carbons (Fsp3) is 1.00. The zero-order valence-electron chi connectivity index (χ0n) is 14.2. The molecule has 2 bridgehead atoms. The quantitative estimate of drug-likeness (QED) is 0.522. The molecule has 0 amide bonds. The van der Waals surface area contributed by atoms with Gasteiger partial charge in [-0.2, -0.15) is 13.5 Å². The Morgan fingerprint density at radius 3 is 1.69 bits per heavy atom. The highest BCUT2D eigenvalue weighted by molar-refractivity contribution is 8.00. The highest BCUT2D eigenvalue weighted by Crippen LogP contribution is 2.82. The summed E-state index contributed by atoms with van der Waals surface area (Å²) in [4.78, 5) is 0. The van der Waals surface area contributed by atoms with Crippen LogP contribution in [0.2, 0.25) is 0 Å².